The molecule has 1 aromatic carbocycles. The fourth-order valence-electron chi connectivity index (χ4n) is 3.47. The number of anilines is 1. The molecule has 0 saturated carbocycles. The number of fused-ring (bicyclic) bond motifs is 1. The molecule has 0 N–H and O–H groups in total. The fraction of sp³-hybridized carbons (Fsp3) is 0.556. The molecule has 2 aliphatic heterocycles. The summed E-state index contributed by atoms with van der Waals surface area (Å²) in [7, 11) is 2.03. The van der Waals surface area contributed by atoms with Crippen LogP contribution in [-0.2, 0) is 7.05 Å². The van der Waals surface area contributed by atoms with Crippen LogP contribution in [0.25, 0.3) is 11.4 Å². The number of hydrogen-bond donors (Lipinski definition) is 0. The van der Waals surface area contributed by atoms with E-state index in [-0.39, 0.29) is 0 Å². The molecular weight excluding hydrogens is 304 g/mol. The molecule has 1 fully saturated rings. The topological polar surface area (TPSA) is 52.4 Å². The Kier molecular flexibility index (Phi) is 3.82. The molecule has 0 aliphatic carbocycles. The highest BCUT2D eigenvalue weighted by molar-refractivity contribution is 5.63. The van der Waals surface area contributed by atoms with Crippen LogP contribution < -0.4 is 14.4 Å². The van der Waals surface area contributed by atoms with Gasteiger partial charge in [0.15, 0.2) is 17.3 Å². The number of nitrogens with zero attached hydrogens (tertiary/aromatic N) is 4. The number of hydrogen-bond acceptors (Lipinski definition) is 5. The van der Waals surface area contributed by atoms with Crippen LogP contribution in [0.2, 0.25) is 0 Å². The Morgan fingerprint density at radius 3 is 2.62 bits per heavy atom. The highest BCUT2D eigenvalue weighted by atomic mass is 16.6. The van der Waals surface area contributed by atoms with E-state index in [9.17, 15) is 0 Å². The molecular formula is C18H24N4O2. The summed E-state index contributed by atoms with van der Waals surface area (Å²) < 4.78 is 13.3. The molecule has 2 unspecified atom stereocenters. The van der Waals surface area contributed by atoms with Crippen molar-refractivity contribution >= 4 is 5.95 Å². The molecule has 6 heteroatoms. The molecule has 2 aliphatic rings. The van der Waals surface area contributed by atoms with Crippen LogP contribution in [0.5, 0.6) is 11.5 Å². The van der Waals surface area contributed by atoms with Crippen molar-refractivity contribution in [1.82, 2.24) is 14.8 Å². The summed E-state index contributed by atoms with van der Waals surface area (Å²) >= 11 is 0. The smallest absolute Gasteiger partial charge is 0.227 e. The van der Waals surface area contributed by atoms with Crippen molar-refractivity contribution in [1.29, 1.82) is 0 Å². The van der Waals surface area contributed by atoms with Crippen molar-refractivity contribution in [2.75, 3.05) is 31.2 Å². The van der Waals surface area contributed by atoms with Gasteiger partial charge in [0.1, 0.15) is 13.2 Å². The second-order valence-electron chi connectivity index (χ2n) is 6.93. The Hall–Kier alpha value is -2.24. The van der Waals surface area contributed by atoms with Crippen LogP contribution in [0.1, 0.15) is 20.3 Å². The van der Waals surface area contributed by atoms with Crippen molar-refractivity contribution < 1.29 is 9.47 Å². The van der Waals surface area contributed by atoms with E-state index < -0.39 is 0 Å². The second kappa shape index (κ2) is 6.00. The second-order valence-corrected chi connectivity index (χ2v) is 6.93. The Morgan fingerprint density at radius 1 is 1.04 bits per heavy atom. The van der Waals surface area contributed by atoms with E-state index >= 15 is 0 Å². The maximum atomic E-state index is 5.68. The molecule has 128 valence electrons. The number of rotatable bonds is 2. The van der Waals surface area contributed by atoms with Gasteiger partial charge in [-0.3, -0.25) is 4.57 Å². The zero-order valence-electron chi connectivity index (χ0n) is 14.5. The maximum absolute atomic E-state index is 5.68. The van der Waals surface area contributed by atoms with E-state index in [0.717, 1.165) is 47.8 Å². The predicted molar refractivity (Wildman–Crippen MR) is 92.6 cm³/mol. The largest absolute Gasteiger partial charge is 0.486 e. The first-order valence-corrected chi connectivity index (χ1v) is 8.68. The zero-order chi connectivity index (χ0) is 16.7. The van der Waals surface area contributed by atoms with Gasteiger partial charge in [0.25, 0.3) is 0 Å². The monoisotopic (exact) mass is 328 g/mol. The summed E-state index contributed by atoms with van der Waals surface area (Å²) in [5.74, 6) is 4.82. The van der Waals surface area contributed by atoms with Gasteiger partial charge in [0, 0.05) is 25.7 Å². The van der Waals surface area contributed by atoms with Gasteiger partial charge in [-0.15, -0.1) is 10.2 Å². The van der Waals surface area contributed by atoms with Crippen molar-refractivity contribution in [3.05, 3.63) is 18.2 Å². The summed E-state index contributed by atoms with van der Waals surface area (Å²) in [6.07, 6.45) is 1.20. The van der Waals surface area contributed by atoms with E-state index in [1.54, 1.807) is 0 Å². The minimum absolute atomic E-state index is 0.588. The van der Waals surface area contributed by atoms with Gasteiger partial charge in [-0.1, -0.05) is 13.8 Å². The standard InChI is InChI=1S/C18H24N4O2/c1-12-6-7-22(11-13(12)2)18-20-19-17(21(18)3)14-4-5-15-16(10-14)24-9-8-23-15/h4-5,10,12-13H,6-9,11H2,1-3H3. The Morgan fingerprint density at radius 2 is 1.83 bits per heavy atom. The van der Waals surface area contributed by atoms with Gasteiger partial charge in [0.05, 0.1) is 0 Å². The lowest BCUT2D eigenvalue weighted by atomic mass is 9.89. The molecule has 0 amide bonds. The minimum atomic E-state index is 0.588. The molecule has 2 aromatic rings. The summed E-state index contributed by atoms with van der Waals surface area (Å²) in [5, 5.41) is 8.88. The minimum Gasteiger partial charge on any atom is -0.486 e. The van der Waals surface area contributed by atoms with E-state index in [1.807, 2.05) is 25.2 Å². The highest BCUT2D eigenvalue weighted by Gasteiger charge is 2.26. The molecule has 1 saturated heterocycles. The van der Waals surface area contributed by atoms with Crippen LogP contribution in [-0.4, -0.2) is 41.1 Å². The fourth-order valence-corrected chi connectivity index (χ4v) is 3.47. The molecule has 1 aromatic heterocycles. The van der Waals surface area contributed by atoms with Crippen molar-refractivity contribution in [3.63, 3.8) is 0 Å². The van der Waals surface area contributed by atoms with E-state index in [2.05, 4.69) is 33.5 Å². The molecule has 24 heavy (non-hydrogen) atoms. The number of piperidine rings is 1. The Balaban J connectivity index is 1.63. The molecule has 0 spiro atoms. The number of aromatic nitrogens is 3. The predicted octanol–water partition coefficient (Wildman–Crippen LogP) is 2.74. The Bertz CT molecular complexity index is 743. The van der Waals surface area contributed by atoms with Crippen molar-refractivity contribution in [3.8, 4) is 22.9 Å². The third-order valence-electron chi connectivity index (χ3n) is 5.27. The van der Waals surface area contributed by atoms with E-state index in [4.69, 9.17) is 9.47 Å². The molecule has 6 nitrogen and oxygen atoms in total. The first-order chi connectivity index (χ1) is 11.6. The van der Waals surface area contributed by atoms with Gasteiger partial charge in [-0.2, -0.15) is 0 Å². The average molecular weight is 328 g/mol. The van der Waals surface area contributed by atoms with Crippen LogP contribution in [0.4, 0.5) is 5.95 Å². The zero-order valence-corrected chi connectivity index (χ0v) is 14.5. The van der Waals surface area contributed by atoms with Gasteiger partial charge in [-0.05, 0) is 36.5 Å². The lowest BCUT2D eigenvalue weighted by molar-refractivity contribution is 0.171. The van der Waals surface area contributed by atoms with Crippen molar-refractivity contribution in [2.24, 2.45) is 18.9 Å². The van der Waals surface area contributed by atoms with Gasteiger partial charge in [-0.25, -0.2) is 0 Å². The van der Waals surface area contributed by atoms with Gasteiger partial charge in [0.2, 0.25) is 5.95 Å². The molecule has 0 bridgehead atoms. The first-order valence-electron chi connectivity index (χ1n) is 8.68. The van der Waals surface area contributed by atoms with Crippen LogP contribution in [0.15, 0.2) is 18.2 Å². The average Bonchev–Trinajstić information content (AvgIpc) is 2.98. The number of ether oxygens (including phenoxy) is 2. The number of benzene rings is 1. The van der Waals surface area contributed by atoms with E-state index in [0.29, 0.717) is 19.1 Å². The normalized spacial score (nSPS) is 23.4. The summed E-state index contributed by atoms with van der Waals surface area (Å²) in [6.45, 7) is 7.91. The van der Waals surface area contributed by atoms with Crippen LogP contribution in [0, 0.1) is 11.8 Å². The van der Waals surface area contributed by atoms with Gasteiger partial charge < -0.3 is 14.4 Å². The maximum Gasteiger partial charge on any atom is 0.227 e. The third kappa shape index (κ3) is 2.60. The summed E-state index contributed by atoms with van der Waals surface area (Å²) in [6, 6.07) is 5.95. The van der Waals surface area contributed by atoms with E-state index in [1.165, 1.54) is 6.42 Å². The molecule has 2 atom stereocenters. The Labute approximate surface area is 142 Å². The highest BCUT2D eigenvalue weighted by Crippen LogP contribution is 2.35. The molecule has 4 rings (SSSR count). The SMILES string of the molecule is CC1CCN(c2nnc(-c3ccc4c(c3)OCCO4)n2C)CC1C. The summed E-state index contributed by atoms with van der Waals surface area (Å²) in [4.78, 5) is 2.35. The first kappa shape index (κ1) is 15.3. The lowest BCUT2D eigenvalue weighted by Gasteiger charge is -2.35. The molecule has 3 heterocycles. The van der Waals surface area contributed by atoms with Gasteiger partial charge >= 0.3 is 0 Å². The quantitative estimate of drug-likeness (QED) is 0.848. The van der Waals surface area contributed by atoms with Crippen LogP contribution >= 0.6 is 0 Å². The lowest BCUT2D eigenvalue weighted by Crippen LogP contribution is -2.39. The van der Waals surface area contributed by atoms with Crippen molar-refractivity contribution in [2.45, 2.75) is 20.3 Å². The van der Waals surface area contributed by atoms with Crippen LogP contribution in [0.3, 0.4) is 0 Å². The third-order valence-corrected chi connectivity index (χ3v) is 5.27. The summed E-state index contributed by atoms with van der Waals surface area (Å²) in [5.41, 5.74) is 0.999. The molecule has 0 radical (unpaired) electrons.